The van der Waals surface area contributed by atoms with Crippen molar-refractivity contribution in [3.05, 3.63) is 46.5 Å². The minimum atomic E-state index is -0.554. The summed E-state index contributed by atoms with van der Waals surface area (Å²) < 4.78 is 15.5. The van der Waals surface area contributed by atoms with Crippen molar-refractivity contribution in [2.75, 3.05) is 39.6 Å². The number of methoxy groups -OCH3 is 2. The number of aromatic hydroxyl groups is 1. The predicted octanol–water partition coefficient (Wildman–Crippen LogP) is 3.02. The molecule has 0 spiro atoms. The van der Waals surface area contributed by atoms with Crippen LogP contribution in [0.4, 0.5) is 11.4 Å². The summed E-state index contributed by atoms with van der Waals surface area (Å²) in [5.41, 5.74) is 6.20. The molecule has 0 radical (unpaired) electrons. The molecule has 172 valence electrons. The van der Waals surface area contributed by atoms with Crippen LogP contribution in [-0.2, 0) is 0 Å². The molecule has 10 heteroatoms. The van der Waals surface area contributed by atoms with Gasteiger partial charge in [0.1, 0.15) is 6.23 Å². The Labute approximate surface area is 181 Å². The fourth-order valence-electron chi connectivity index (χ4n) is 2.69. The Morgan fingerprint density at radius 3 is 2.26 bits per heavy atom. The molecule has 0 aliphatic carbocycles. The molecule has 0 unspecified atom stereocenters. The number of non-ortho nitro benzene ring substituents is 1. The van der Waals surface area contributed by atoms with Gasteiger partial charge in [-0.25, -0.2) is 0 Å². The number of hydrogen-bond acceptors (Lipinski definition) is 9. The first-order valence-corrected chi connectivity index (χ1v) is 9.77. The number of phenols is 1. The molecule has 1 atom stereocenters. The number of nitrogens with zero attached hydrogens (tertiary/aromatic N) is 2. The first-order chi connectivity index (χ1) is 14.8. The number of phenolic OH excluding ortho intramolecular Hbond substituents is 1. The SMILES string of the molecule is CCN(CC)[C@H](O)CCOc1ccc(N)cc1OC.COc1cc([N+](=O)[O-])ccc1O. The van der Waals surface area contributed by atoms with Gasteiger partial charge in [0.05, 0.1) is 31.8 Å². The highest BCUT2D eigenvalue weighted by atomic mass is 16.6. The summed E-state index contributed by atoms with van der Waals surface area (Å²) in [6.45, 7) is 6.12. The van der Waals surface area contributed by atoms with Crippen LogP contribution in [0.25, 0.3) is 0 Å². The van der Waals surface area contributed by atoms with Crippen LogP contribution >= 0.6 is 0 Å². The van der Waals surface area contributed by atoms with Gasteiger partial charge in [0.15, 0.2) is 23.0 Å². The lowest BCUT2D eigenvalue weighted by atomic mass is 10.3. The van der Waals surface area contributed by atoms with Crippen molar-refractivity contribution < 1.29 is 29.3 Å². The van der Waals surface area contributed by atoms with E-state index in [1.54, 1.807) is 25.3 Å². The molecule has 0 saturated heterocycles. The lowest BCUT2D eigenvalue weighted by Crippen LogP contribution is -2.35. The summed E-state index contributed by atoms with van der Waals surface area (Å²) in [5, 5.41) is 29.3. The number of aliphatic hydroxyl groups excluding tert-OH is 1. The van der Waals surface area contributed by atoms with Crippen molar-refractivity contribution in [3.63, 3.8) is 0 Å². The third-order valence-corrected chi connectivity index (χ3v) is 4.43. The number of benzene rings is 2. The minimum absolute atomic E-state index is 0.101. The molecular formula is C21H31N3O7. The summed E-state index contributed by atoms with van der Waals surface area (Å²) in [7, 11) is 2.91. The maximum absolute atomic E-state index is 10.2. The Balaban J connectivity index is 0.000000343. The Kier molecular flexibility index (Phi) is 10.9. The molecule has 31 heavy (non-hydrogen) atoms. The molecule has 0 fully saturated rings. The van der Waals surface area contributed by atoms with Crippen molar-refractivity contribution >= 4 is 11.4 Å². The maximum Gasteiger partial charge on any atom is 0.273 e. The first-order valence-electron chi connectivity index (χ1n) is 9.77. The topological polar surface area (TPSA) is 141 Å². The van der Waals surface area contributed by atoms with Gasteiger partial charge in [-0.3, -0.25) is 15.0 Å². The van der Waals surface area contributed by atoms with Crippen molar-refractivity contribution in [2.45, 2.75) is 26.5 Å². The van der Waals surface area contributed by atoms with E-state index in [2.05, 4.69) is 4.74 Å². The van der Waals surface area contributed by atoms with Gasteiger partial charge in [-0.2, -0.15) is 0 Å². The van der Waals surface area contributed by atoms with Crippen LogP contribution in [0.3, 0.4) is 0 Å². The molecule has 0 aromatic heterocycles. The highest BCUT2D eigenvalue weighted by molar-refractivity contribution is 5.52. The van der Waals surface area contributed by atoms with Crippen LogP contribution in [0.5, 0.6) is 23.0 Å². The van der Waals surface area contributed by atoms with Gasteiger partial charge < -0.3 is 30.2 Å². The third-order valence-electron chi connectivity index (χ3n) is 4.43. The zero-order valence-electron chi connectivity index (χ0n) is 18.3. The molecule has 2 rings (SSSR count). The Bertz CT molecular complexity index is 829. The fourth-order valence-corrected chi connectivity index (χ4v) is 2.69. The smallest absolute Gasteiger partial charge is 0.273 e. The van der Waals surface area contributed by atoms with Gasteiger partial charge >= 0.3 is 0 Å². The van der Waals surface area contributed by atoms with E-state index >= 15 is 0 Å². The van der Waals surface area contributed by atoms with Gasteiger partial charge in [-0.1, -0.05) is 13.8 Å². The molecule has 2 aromatic carbocycles. The van der Waals surface area contributed by atoms with E-state index in [0.29, 0.717) is 30.2 Å². The first kappa shape index (κ1) is 25.8. The van der Waals surface area contributed by atoms with Crippen molar-refractivity contribution in [1.29, 1.82) is 0 Å². The lowest BCUT2D eigenvalue weighted by Gasteiger charge is -2.24. The molecule has 0 aliphatic rings. The highest BCUT2D eigenvalue weighted by Gasteiger charge is 2.13. The van der Waals surface area contributed by atoms with E-state index in [-0.39, 0.29) is 17.2 Å². The number of ether oxygens (including phenoxy) is 3. The van der Waals surface area contributed by atoms with Crippen LogP contribution in [0.15, 0.2) is 36.4 Å². The van der Waals surface area contributed by atoms with Crippen molar-refractivity contribution in [3.8, 4) is 23.0 Å². The van der Waals surface area contributed by atoms with E-state index in [9.17, 15) is 15.2 Å². The van der Waals surface area contributed by atoms with Crippen molar-refractivity contribution in [1.82, 2.24) is 4.90 Å². The summed E-state index contributed by atoms with van der Waals surface area (Å²) in [6, 6.07) is 8.84. The number of aliphatic hydroxyl groups is 1. The molecule has 0 saturated carbocycles. The van der Waals surface area contributed by atoms with E-state index in [4.69, 9.17) is 20.3 Å². The molecule has 0 amide bonds. The van der Waals surface area contributed by atoms with E-state index in [0.717, 1.165) is 19.2 Å². The molecule has 0 heterocycles. The fraction of sp³-hybridized carbons (Fsp3) is 0.429. The van der Waals surface area contributed by atoms with Crippen LogP contribution < -0.4 is 19.9 Å². The van der Waals surface area contributed by atoms with Gasteiger partial charge in [-0.05, 0) is 31.3 Å². The summed E-state index contributed by atoms with van der Waals surface area (Å²) in [6.07, 6.45) is 0.0737. The van der Waals surface area contributed by atoms with Gasteiger partial charge in [0, 0.05) is 24.2 Å². The number of anilines is 1. The van der Waals surface area contributed by atoms with Crippen LogP contribution in [0.2, 0.25) is 0 Å². The number of nitrogen functional groups attached to an aromatic ring is 1. The Morgan fingerprint density at radius 1 is 1.06 bits per heavy atom. The zero-order chi connectivity index (χ0) is 23.4. The number of hydrogen-bond donors (Lipinski definition) is 3. The largest absolute Gasteiger partial charge is 0.504 e. The zero-order valence-corrected chi connectivity index (χ0v) is 18.3. The third kappa shape index (κ3) is 8.19. The number of rotatable bonds is 10. The Morgan fingerprint density at radius 2 is 1.71 bits per heavy atom. The average molecular weight is 437 g/mol. The predicted molar refractivity (Wildman–Crippen MR) is 118 cm³/mol. The van der Waals surface area contributed by atoms with Gasteiger partial charge in [0.25, 0.3) is 5.69 Å². The molecule has 0 bridgehead atoms. The van der Waals surface area contributed by atoms with Crippen molar-refractivity contribution in [2.24, 2.45) is 0 Å². The van der Waals surface area contributed by atoms with Gasteiger partial charge in [0.2, 0.25) is 0 Å². The highest BCUT2D eigenvalue weighted by Crippen LogP contribution is 2.30. The monoisotopic (exact) mass is 437 g/mol. The number of nitrogens with two attached hydrogens (primary N) is 1. The second kappa shape index (κ2) is 13.1. The van der Waals surface area contributed by atoms with E-state index in [1.165, 1.54) is 19.2 Å². The average Bonchev–Trinajstić information content (AvgIpc) is 2.76. The van der Waals surface area contributed by atoms with Crippen LogP contribution in [0, 0.1) is 10.1 Å². The lowest BCUT2D eigenvalue weighted by molar-refractivity contribution is -0.385. The minimum Gasteiger partial charge on any atom is -0.504 e. The molecule has 2 aromatic rings. The Hall–Kier alpha value is -3.24. The normalized spacial score (nSPS) is 11.3. The molecule has 10 nitrogen and oxygen atoms in total. The summed E-state index contributed by atoms with van der Waals surface area (Å²) >= 11 is 0. The summed E-state index contributed by atoms with van der Waals surface area (Å²) in [5.74, 6) is 1.24. The van der Waals surface area contributed by atoms with Crippen LogP contribution in [-0.4, -0.2) is 60.2 Å². The van der Waals surface area contributed by atoms with Crippen LogP contribution in [0.1, 0.15) is 20.3 Å². The van der Waals surface area contributed by atoms with E-state index in [1.807, 2.05) is 18.7 Å². The van der Waals surface area contributed by atoms with E-state index < -0.39 is 11.2 Å². The quantitative estimate of drug-likeness (QED) is 0.221. The second-order valence-electron chi connectivity index (χ2n) is 6.36. The van der Waals surface area contributed by atoms with Gasteiger partial charge in [-0.15, -0.1) is 0 Å². The molecular weight excluding hydrogens is 406 g/mol. The maximum atomic E-state index is 10.2. The number of nitro benzene ring substituents is 1. The molecule has 4 N–H and O–H groups in total. The standard InChI is InChI=1S/C14H24N2O3.C7H7NO4/c1-4-16(5-2)14(17)8-9-19-12-7-6-11(15)10-13(12)18-3;1-12-7-4-5(8(10)11)2-3-6(7)9/h6-7,10,14,17H,4-5,8-9,15H2,1-3H3;2-4,9H,1H3/t14-;/m1./s1. The number of nitro groups is 1. The summed E-state index contributed by atoms with van der Waals surface area (Å²) in [4.78, 5) is 11.7. The molecule has 0 aliphatic heterocycles. The second-order valence-corrected chi connectivity index (χ2v) is 6.36.